The van der Waals surface area contributed by atoms with Gasteiger partial charge in [-0.3, -0.25) is 4.79 Å². The van der Waals surface area contributed by atoms with Crippen LogP contribution < -0.4 is 9.47 Å². The number of carboxylic acids is 1. The SMILES string of the molecule is COc1ccc(/C=C/C(=O)C(=O)O)cc1OCc1ccc(C)cc1. The quantitative estimate of drug-likeness (QED) is 0.624. The summed E-state index contributed by atoms with van der Waals surface area (Å²) in [7, 11) is 1.54. The number of rotatable bonds is 7. The van der Waals surface area contributed by atoms with E-state index in [2.05, 4.69) is 0 Å². The van der Waals surface area contributed by atoms with Crippen molar-refractivity contribution in [3.05, 3.63) is 65.2 Å². The summed E-state index contributed by atoms with van der Waals surface area (Å²) < 4.78 is 11.1. The molecule has 0 atom stereocenters. The lowest BCUT2D eigenvalue weighted by Gasteiger charge is -2.11. The first-order valence-electron chi connectivity index (χ1n) is 7.31. The van der Waals surface area contributed by atoms with Crippen molar-refractivity contribution in [2.45, 2.75) is 13.5 Å². The average molecular weight is 326 g/mol. The van der Waals surface area contributed by atoms with Gasteiger partial charge >= 0.3 is 5.97 Å². The molecule has 0 aliphatic carbocycles. The van der Waals surface area contributed by atoms with Gasteiger partial charge in [-0.05, 0) is 36.3 Å². The third-order valence-electron chi connectivity index (χ3n) is 3.34. The molecule has 0 spiro atoms. The van der Waals surface area contributed by atoms with Crippen LogP contribution in [0.4, 0.5) is 0 Å². The Morgan fingerprint density at radius 2 is 1.79 bits per heavy atom. The van der Waals surface area contributed by atoms with Crippen LogP contribution in [0.5, 0.6) is 11.5 Å². The van der Waals surface area contributed by atoms with Gasteiger partial charge in [-0.1, -0.05) is 42.0 Å². The van der Waals surface area contributed by atoms with Crippen molar-refractivity contribution in [1.82, 2.24) is 0 Å². The Bertz CT molecular complexity index is 760. The van der Waals surface area contributed by atoms with Crippen LogP contribution in [0, 0.1) is 6.92 Å². The van der Waals surface area contributed by atoms with Crippen LogP contribution in [-0.2, 0) is 16.2 Å². The molecule has 2 rings (SSSR count). The number of hydrogen-bond donors (Lipinski definition) is 1. The van der Waals surface area contributed by atoms with E-state index >= 15 is 0 Å². The lowest BCUT2D eigenvalue weighted by molar-refractivity contribution is -0.146. The smallest absolute Gasteiger partial charge is 0.376 e. The zero-order valence-electron chi connectivity index (χ0n) is 13.5. The molecule has 0 bridgehead atoms. The summed E-state index contributed by atoms with van der Waals surface area (Å²) in [6.45, 7) is 2.39. The molecule has 0 saturated carbocycles. The Balaban J connectivity index is 2.15. The van der Waals surface area contributed by atoms with Gasteiger partial charge in [0, 0.05) is 0 Å². The molecular formula is C19H18O5. The molecule has 0 amide bonds. The summed E-state index contributed by atoms with van der Waals surface area (Å²) in [4.78, 5) is 21.6. The van der Waals surface area contributed by atoms with E-state index in [0.29, 0.717) is 23.7 Å². The van der Waals surface area contributed by atoms with E-state index in [1.54, 1.807) is 18.2 Å². The molecule has 0 radical (unpaired) electrons. The Morgan fingerprint density at radius 1 is 1.08 bits per heavy atom. The first kappa shape index (κ1) is 17.3. The predicted molar refractivity (Wildman–Crippen MR) is 90.2 cm³/mol. The standard InChI is InChI=1S/C19H18O5/c1-13-3-5-15(6-4-13)12-24-18-11-14(8-10-17(18)23-2)7-9-16(20)19(21)22/h3-11H,12H2,1-2H3,(H,21,22)/b9-7+. The highest BCUT2D eigenvalue weighted by atomic mass is 16.5. The molecule has 5 heteroatoms. The van der Waals surface area contributed by atoms with Crippen LogP contribution in [0.25, 0.3) is 6.08 Å². The monoisotopic (exact) mass is 326 g/mol. The Kier molecular flexibility index (Phi) is 5.73. The van der Waals surface area contributed by atoms with Crippen molar-refractivity contribution in [2.75, 3.05) is 7.11 Å². The molecule has 5 nitrogen and oxygen atoms in total. The number of benzene rings is 2. The maximum absolute atomic E-state index is 11.1. The van der Waals surface area contributed by atoms with E-state index < -0.39 is 11.8 Å². The first-order chi connectivity index (χ1) is 11.5. The van der Waals surface area contributed by atoms with Crippen molar-refractivity contribution in [3.63, 3.8) is 0 Å². The van der Waals surface area contributed by atoms with Crippen LogP contribution in [-0.4, -0.2) is 24.0 Å². The van der Waals surface area contributed by atoms with Crippen molar-refractivity contribution >= 4 is 17.8 Å². The van der Waals surface area contributed by atoms with E-state index in [1.807, 2.05) is 31.2 Å². The molecule has 0 unspecified atom stereocenters. The molecule has 0 aromatic heterocycles. The number of methoxy groups -OCH3 is 1. The molecule has 1 N–H and O–H groups in total. The molecule has 0 aliphatic rings. The van der Waals surface area contributed by atoms with Crippen molar-refractivity contribution < 1.29 is 24.2 Å². The lowest BCUT2D eigenvalue weighted by atomic mass is 10.1. The van der Waals surface area contributed by atoms with Crippen LogP contribution in [0.2, 0.25) is 0 Å². The molecule has 124 valence electrons. The van der Waals surface area contributed by atoms with Gasteiger partial charge in [-0.2, -0.15) is 0 Å². The molecule has 0 aliphatic heterocycles. The Morgan fingerprint density at radius 3 is 2.42 bits per heavy atom. The highest BCUT2D eigenvalue weighted by Crippen LogP contribution is 2.29. The zero-order chi connectivity index (χ0) is 17.5. The van der Waals surface area contributed by atoms with Gasteiger partial charge in [-0.15, -0.1) is 0 Å². The molecule has 2 aromatic carbocycles. The lowest BCUT2D eigenvalue weighted by Crippen LogP contribution is -2.08. The van der Waals surface area contributed by atoms with E-state index in [1.165, 1.54) is 18.7 Å². The summed E-state index contributed by atoms with van der Waals surface area (Å²) in [5.74, 6) is -1.39. The van der Waals surface area contributed by atoms with E-state index in [9.17, 15) is 9.59 Å². The number of ether oxygens (including phenoxy) is 2. The van der Waals surface area contributed by atoms with Crippen molar-refractivity contribution in [3.8, 4) is 11.5 Å². The predicted octanol–water partition coefficient (Wildman–Crippen LogP) is 3.25. The number of carbonyl (C=O) groups is 2. The van der Waals surface area contributed by atoms with Gasteiger partial charge in [0.25, 0.3) is 5.78 Å². The minimum absolute atomic E-state index is 0.373. The summed E-state index contributed by atoms with van der Waals surface area (Å²) >= 11 is 0. The van der Waals surface area contributed by atoms with E-state index in [4.69, 9.17) is 14.6 Å². The summed E-state index contributed by atoms with van der Waals surface area (Å²) in [6.07, 6.45) is 2.43. The molecule has 0 saturated heterocycles. The van der Waals surface area contributed by atoms with Crippen LogP contribution in [0.15, 0.2) is 48.5 Å². The molecular weight excluding hydrogens is 308 g/mol. The molecule has 2 aromatic rings. The largest absolute Gasteiger partial charge is 0.493 e. The summed E-state index contributed by atoms with van der Waals surface area (Å²) in [6, 6.07) is 13.1. The normalized spacial score (nSPS) is 10.6. The van der Waals surface area contributed by atoms with Gasteiger partial charge in [0.1, 0.15) is 6.61 Å². The summed E-state index contributed by atoms with van der Waals surface area (Å²) in [5.41, 5.74) is 2.83. The highest BCUT2D eigenvalue weighted by Gasteiger charge is 2.08. The van der Waals surface area contributed by atoms with E-state index in [0.717, 1.165) is 11.6 Å². The second-order valence-electron chi connectivity index (χ2n) is 5.19. The Labute approximate surface area is 140 Å². The van der Waals surface area contributed by atoms with Gasteiger partial charge in [0.2, 0.25) is 0 Å². The minimum atomic E-state index is -1.49. The second kappa shape index (κ2) is 7.97. The average Bonchev–Trinajstić information content (AvgIpc) is 2.59. The maximum Gasteiger partial charge on any atom is 0.376 e. The van der Waals surface area contributed by atoms with Crippen LogP contribution >= 0.6 is 0 Å². The number of carboxylic acid groups (broad SMARTS) is 1. The number of aryl methyl sites for hydroxylation is 1. The fourth-order valence-electron chi connectivity index (χ4n) is 2.00. The second-order valence-corrected chi connectivity index (χ2v) is 5.19. The summed E-state index contributed by atoms with van der Waals surface area (Å²) in [5, 5.41) is 8.58. The van der Waals surface area contributed by atoms with Crippen LogP contribution in [0.3, 0.4) is 0 Å². The fraction of sp³-hybridized carbons (Fsp3) is 0.158. The van der Waals surface area contributed by atoms with Gasteiger partial charge in [-0.25, -0.2) is 4.79 Å². The fourth-order valence-corrected chi connectivity index (χ4v) is 2.00. The molecule has 0 heterocycles. The molecule has 24 heavy (non-hydrogen) atoms. The maximum atomic E-state index is 11.1. The minimum Gasteiger partial charge on any atom is -0.493 e. The van der Waals surface area contributed by atoms with Gasteiger partial charge < -0.3 is 14.6 Å². The van der Waals surface area contributed by atoms with Gasteiger partial charge in [0.05, 0.1) is 7.11 Å². The van der Waals surface area contributed by atoms with E-state index in [-0.39, 0.29) is 0 Å². The third-order valence-corrected chi connectivity index (χ3v) is 3.34. The first-order valence-corrected chi connectivity index (χ1v) is 7.31. The van der Waals surface area contributed by atoms with Crippen molar-refractivity contribution in [2.24, 2.45) is 0 Å². The highest BCUT2D eigenvalue weighted by molar-refractivity contribution is 6.38. The Hall–Kier alpha value is -3.08. The number of carbonyl (C=O) groups excluding carboxylic acids is 1. The molecule has 0 fully saturated rings. The zero-order valence-corrected chi connectivity index (χ0v) is 13.5. The third kappa shape index (κ3) is 4.71. The van der Waals surface area contributed by atoms with Crippen LogP contribution in [0.1, 0.15) is 16.7 Å². The topological polar surface area (TPSA) is 72.8 Å². The number of hydrogen-bond acceptors (Lipinski definition) is 4. The number of ketones is 1. The number of aliphatic carboxylic acids is 1. The van der Waals surface area contributed by atoms with Crippen molar-refractivity contribution in [1.29, 1.82) is 0 Å². The van der Waals surface area contributed by atoms with Gasteiger partial charge in [0.15, 0.2) is 11.5 Å².